The van der Waals surface area contributed by atoms with E-state index in [2.05, 4.69) is 18.7 Å². The van der Waals surface area contributed by atoms with Crippen molar-refractivity contribution >= 4 is 0 Å². The fourth-order valence-electron chi connectivity index (χ4n) is 1.59. The van der Waals surface area contributed by atoms with Gasteiger partial charge in [0.25, 0.3) is 0 Å². The quantitative estimate of drug-likeness (QED) is 0.749. The van der Waals surface area contributed by atoms with Gasteiger partial charge in [0.15, 0.2) is 0 Å². The van der Waals surface area contributed by atoms with Crippen LogP contribution in [0.25, 0.3) is 0 Å². The van der Waals surface area contributed by atoms with Gasteiger partial charge in [0, 0.05) is 5.41 Å². The van der Waals surface area contributed by atoms with Crippen LogP contribution < -0.4 is 0 Å². The summed E-state index contributed by atoms with van der Waals surface area (Å²) in [6.45, 7) is 10.0. The van der Waals surface area contributed by atoms with Gasteiger partial charge in [0.05, 0.1) is 6.10 Å². The summed E-state index contributed by atoms with van der Waals surface area (Å²) in [6, 6.07) is 10.3. The fourth-order valence-corrected chi connectivity index (χ4v) is 1.59. The van der Waals surface area contributed by atoms with E-state index in [-0.39, 0.29) is 11.5 Å². The maximum atomic E-state index is 10.1. The van der Waals surface area contributed by atoms with Crippen LogP contribution in [0.3, 0.4) is 0 Å². The fraction of sp³-hybridized carbons (Fsp3) is 0.467. The first-order valence-electron chi connectivity index (χ1n) is 5.82. The Morgan fingerprint density at radius 1 is 1.31 bits per heavy atom. The van der Waals surface area contributed by atoms with Gasteiger partial charge in [-0.05, 0) is 25.3 Å². The zero-order valence-corrected chi connectivity index (χ0v) is 10.5. The highest BCUT2D eigenvalue weighted by molar-refractivity contribution is 5.15. The first-order valence-corrected chi connectivity index (χ1v) is 5.82. The topological polar surface area (TPSA) is 20.2 Å². The van der Waals surface area contributed by atoms with Crippen molar-refractivity contribution in [2.24, 2.45) is 5.41 Å². The smallest absolute Gasteiger partial charge is 0.0631 e. The highest BCUT2D eigenvalue weighted by Crippen LogP contribution is 2.31. The van der Waals surface area contributed by atoms with Crippen LogP contribution in [0.2, 0.25) is 0 Å². The normalized spacial score (nSPS) is 13.5. The van der Waals surface area contributed by atoms with Gasteiger partial charge >= 0.3 is 0 Å². The Labute approximate surface area is 98.8 Å². The lowest BCUT2D eigenvalue weighted by atomic mass is 9.78. The van der Waals surface area contributed by atoms with Gasteiger partial charge in [-0.3, -0.25) is 0 Å². The third-order valence-corrected chi connectivity index (χ3v) is 3.48. The van der Waals surface area contributed by atoms with Gasteiger partial charge in [-0.2, -0.15) is 0 Å². The lowest BCUT2D eigenvalue weighted by Gasteiger charge is -2.31. The maximum absolute atomic E-state index is 10.1. The predicted octanol–water partition coefficient (Wildman–Crippen LogP) is 3.58. The van der Waals surface area contributed by atoms with Crippen molar-refractivity contribution < 1.29 is 5.11 Å². The molecule has 1 unspecified atom stereocenters. The van der Waals surface area contributed by atoms with Gasteiger partial charge in [0.2, 0.25) is 0 Å². The van der Waals surface area contributed by atoms with E-state index in [1.807, 2.05) is 39.0 Å². The van der Waals surface area contributed by atoms with Gasteiger partial charge in [-0.1, -0.05) is 56.3 Å². The van der Waals surface area contributed by atoms with Crippen LogP contribution >= 0.6 is 0 Å². The molecule has 0 amide bonds. The number of aryl methyl sites for hydroxylation is 1. The average molecular weight is 218 g/mol. The molecule has 0 spiro atoms. The lowest BCUT2D eigenvalue weighted by Crippen LogP contribution is -2.30. The number of hydrogen-bond donors (Lipinski definition) is 1. The molecule has 1 heteroatoms. The monoisotopic (exact) mass is 218 g/mol. The van der Waals surface area contributed by atoms with E-state index < -0.39 is 0 Å². The zero-order valence-electron chi connectivity index (χ0n) is 10.5. The van der Waals surface area contributed by atoms with E-state index in [0.29, 0.717) is 0 Å². The molecule has 1 atom stereocenters. The van der Waals surface area contributed by atoms with Crippen molar-refractivity contribution in [2.45, 2.75) is 39.7 Å². The molecule has 1 nitrogen and oxygen atoms in total. The largest absolute Gasteiger partial charge is 0.392 e. The molecule has 1 rings (SSSR count). The molecule has 0 saturated heterocycles. The molecule has 0 aliphatic rings. The standard InChI is InChI=1S/C15H22O/c1-12(2)15(3,4)14(16)11-10-13-8-6-5-7-9-13/h5-9,14,16H,1,10-11H2,2-4H3. The van der Waals surface area contributed by atoms with Crippen LogP contribution in [0.4, 0.5) is 0 Å². The highest BCUT2D eigenvalue weighted by atomic mass is 16.3. The molecule has 1 aromatic carbocycles. The summed E-state index contributed by atoms with van der Waals surface area (Å²) in [6.07, 6.45) is 1.37. The molecule has 0 aliphatic heterocycles. The molecule has 1 aromatic rings. The summed E-state index contributed by atoms with van der Waals surface area (Å²) >= 11 is 0. The second-order valence-corrected chi connectivity index (χ2v) is 5.04. The van der Waals surface area contributed by atoms with E-state index in [9.17, 15) is 5.11 Å². The SMILES string of the molecule is C=C(C)C(C)(C)C(O)CCc1ccccc1. The lowest BCUT2D eigenvalue weighted by molar-refractivity contribution is 0.0673. The average Bonchev–Trinajstić information content (AvgIpc) is 2.27. The van der Waals surface area contributed by atoms with E-state index in [1.54, 1.807) is 0 Å². The predicted molar refractivity (Wildman–Crippen MR) is 69.4 cm³/mol. The van der Waals surface area contributed by atoms with Crippen LogP contribution in [-0.4, -0.2) is 11.2 Å². The number of aliphatic hydroxyl groups is 1. The molecular weight excluding hydrogens is 196 g/mol. The van der Waals surface area contributed by atoms with Gasteiger partial charge in [0.1, 0.15) is 0 Å². The molecule has 0 radical (unpaired) electrons. The molecule has 0 aliphatic carbocycles. The molecule has 88 valence electrons. The summed E-state index contributed by atoms with van der Waals surface area (Å²) in [5.74, 6) is 0. The van der Waals surface area contributed by atoms with E-state index in [0.717, 1.165) is 18.4 Å². The Bertz CT molecular complexity index is 338. The Morgan fingerprint density at radius 2 is 1.88 bits per heavy atom. The van der Waals surface area contributed by atoms with E-state index >= 15 is 0 Å². The molecule has 0 bridgehead atoms. The molecular formula is C15H22O. The number of rotatable bonds is 5. The summed E-state index contributed by atoms with van der Waals surface area (Å²) in [4.78, 5) is 0. The summed E-state index contributed by atoms with van der Waals surface area (Å²) < 4.78 is 0. The minimum Gasteiger partial charge on any atom is -0.392 e. The van der Waals surface area contributed by atoms with Crippen molar-refractivity contribution in [2.75, 3.05) is 0 Å². The first-order chi connectivity index (χ1) is 7.44. The molecule has 0 heterocycles. The Balaban J connectivity index is 2.53. The first kappa shape index (κ1) is 13.0. The van der Waals surface area contributed by atoms with E-state index in [4.69, 9.17) is 0 Å². The summed E-state index contributed by atoms with van der Waals surface area (Å²) in [5, 5.41) is 10.1. The Morgan fingerprint density at radius 3 is 2.38 bits per heavy atom. The molecule has 0 saturated carbocycles. The van der Waals surface area contributed by atoms with Crippen LogP contribution in [0.15, 0.2) is 42.5 Å². The van der Waals surface area contributed by atoms with Crippen molar-refractivity contribution in [1.82, 2.24) is 0 Å². The number of benzene rings is 1. The van der Waals surface area contributed by atoms with E-state index in [1.165, 1.54) is 5.56 Å². The molecule has 1 N–H and O–H groups in total. The minimum atomic E-state index is -0.329. The van der Waals surface area contributed by atoms with Crippen molar-refractivity contribution in [1.29, 1.82) is 0 Å². The third-order valence-electron chi connectivity index (χ3n) is 3.48. The van der Waals surface area contributed by atoms with Crippen LogP contribution in [0.5, 0.6) is 0 Å². The Hall–Kier alpha value is -1.08. The van der Waals surface area contributed by atoms with Crippen LogP contribution in [0.1, 0.15) is 32.8 Å². The Kier molecular flexibility index (Phi) is 4.31. The second-order valence-electron chi connectivity index (χ2n) is 5.04. The van der Waals surface area contributed by atoms with Gasteiger partial charge in [-0.15, -0.1) is 0 Å². The van der Waals surface area contributed by atoms with Crippen molar-refractivity contribution in [3.05, 3.63) is 48.0 Å². The second kappa shape index (κ2) is 5.31. The summed E-state index contributed by atoms with van der Waals surface area (Å²) in [5.41, 5.74) is 2.11. The molecule has 0 aromatic heterocycles. The summed E-state index contributed by atoms with van der Waals surface area (Å²) in [7, 11) is 0. The third kappa shape index (κ3) is 3.21. The zero-order chi connectivity index (χ0) is 12.2. The van der Waals surface area contributed by atoms with Crippen LogP contribution in [0, 0.1) is 5.41 Å². The van der Waals surface area contributed by atoms with Crippen molar-refractivity contribution in [3.8, 4) is 0 Å². The van der Waals surface area contributed by atoms with Crippen LogP contribution in [-0.2, 0) is 6.42 Å². The minimum absolute atomic E-state index is 0.200. The molecule has 16 heavy (non-hydrogen) atoms. The highest BCUT2D eigenvalue weighted by Gasteiger charge is 2.27. The molecule has 0 fully saturated rings. The van der Waals surface area contributed by atoms with Crippen molar-refractivity contribution in [3.63, 3.8) is 0 Å². The van der Waals surface area contributed by atoms with Gasteiger partial charge < -0.3 is 5.11 Å². The maximum Gasteiger partial charge on any atom is 0.0631 e. The number of hydrogen-bond acceptors (Lipinski definition) is 1. The number of aliphatic hydroxyl groups excluding tert-OH is 1. The van der Waals surface area contributed by atoms with Gasteiger partial charge in [-0.25, -0.2) is 0 Å².